The SMILES string of the molecule is CNC(c1ccccc1)C(C)OCCCc1ccccc1. The minimum Gasteiger partial charge on any atom is -0.377 e. The highest BCUT2D eigenvalue weighted by Crippen LogP contribution is 2.18. The lowest BCUT2D eigenvalue weighted by Crippen LogP contribution is -2.29. The molecule has 0 saturated heterocycles. The maximum Gasteiger partial charge on any atom is 0.0741 e. The highest BCUT2D eigenvalue weighted by atomic mass is 16.5. The number of aryl methyl sites for hydroxylation is 1. The average molecular weight is 283 g/mol. The predicted octanol–water partition coefficient (Wildman–Crippen LogP) is 3.99. The van der Waals surface area contributed by atoms with Crippen LogP contribution in [0.15, 0.2) is 60.7 Å². The first-order valence-electron chi connectivity index (χ1n) is 7.69. The Balaban J connectivity index is 1.77. The maximum atomic E-state index is 6.01. The third kappa shape index (κ3) is 5.00. The first-order valence-corrected chi connectivity index (χ1v) is 7.69. The molecule has 0 aromatic heterocycles. The number of likely N-dealkylation sites (N-methyl/N-ethyl adjacent to an activating group) is 1. The van der Waals surface area contributed by atoms with Gasteiger partial charge in [-0.2, -0.15) is 0 Å². The molecule has 0 bridgehead atoms. The van der Waals surface area contributed by atoms with E-state index >= 15 is 0 Å². The second kappa shape index (κ2) is 8.60. The summed E-state index contributed by atoms with van der Waals surface area (Å²) in [5.41, 5.74) is 2.65. The summed E-state index contributed by atoms with van der Waals surface area (Å²) in [7, 11) is 1.99. The van der Waals surface area contributed by atoms with E-state index in [1.807, 2.05) is 13.1 Å². The van der Waals surface area contributed by atoms with Gasteiger partial charge in [0, 0.05) is 6.61 Å². The number of hydrogen-bond acceptors (Lipinski definition) is 2. The molecule has 0 saturated carbocycles. The quantitative estimate of drug-likeness (QED) is 0.740. The summed E-state index contributed by atoms with van der Waals surface area (Å²) >= 11 is 0. The molecule has 0 aliphatic rings. The lowest BCUT2D eigenvalue weighted by atomic mass is 10.0. The van der Waals surface area contributed by atoms with E-state index in [2.05, 4.69) is 66.8 Å². The zero-order chi connectivity index (χ0) is 14.9. The van der Waals surface area contributed by atoms with Crippen molar-refractivity contribution in [3.05, 3.63) is 71.8 Å². The Morgan fingerprint density at radius 1 is 0.952 bits per heavy atom. The Bertz CT molecular complexity index is 497. The lowest BCUT2D eigenvalue weighted by Gasteiger charge is -2.24. The van der Waals surface area contributed by atoms with Crippen LogP contribution in [0, 0.1) is 0 Å². The number of rotatable bonds is 8. The molecule has 2 rings (SSSR count). The third-order valence-electron chi connectivity index (χ3n) is 3.77. The maximum absolute atomic E-state index is 6.01. The molecule has 2 aromatic rings. The fraction of sp³-hybridized carbons (Fsp3) is 0.368. The fourth-order valence-electron chi connectivity index (χ4n) is 2.62. The van der Waals surface area contributed by atoms with E-state index in [0.29, 0.717) is 0 Å². The molecular weight excluding hydrogens is 258 g/mol. The van der Waals surface area contributed by atoms with Gasteiger partial charge < -0.3 is 10.1 Å². The molecular formula is C19H25NO. The molecule has 21 heavy (non-hydrogen) atoms. The largest absolute Gasteiger partial charge is 0.377 e. The van der Waals surface area contributed by atoms with Crippen LogP contribution in [0.5, 0.6) is 0 Å². The zero-order valence-corrected chi connectivity index (χ0v) is 13.0. The molecule has 0 heterocycles. The van der Waals surface area contributed by atoms with Crippen molar-refractivity contribution in [1.82, 2.24) is 5.32 Å². The second-order valence-corrected chi connectivity index (χ2v) is 5.34. The van der Waals surface area contributed by atoms with Gasteiger partial charge in [0.15, 0.2) is 0 Å². The number of nitrogens with one attached hydrogen (secondary N) is 1. The van der Waals surface area contributed by atoms with Gasteiger partial charge in [0.1, 0.15) is 0 Å². The number of ether oxygens (including phenoxy) is 1. The molecule has 2 unspecified atom stereocenters. The van der Waals surface area contributed by atoms with Gasteiger partial charge in [0.25, 0.3) is 0 Å². The molecule has 0 aliphatic carbocycles. The van der Waals surface area contributed by atoms with Crippen LogP contribution in [0.2, 0.25) is 0 Å². The van der Waals surface area contributed by atoms with Crippen LogP contribution in [0.25, 0.3) is 0 Å². The van der Waals surface area contributed by atoms with E-state index in [0.717, 1.165) is 19.4 Å². The van der Waals surface area contributed by atoms with E-state index in [1.54, 1.807) is 0 Å². The van der Waals surface area contributed by atoms with Crippen molar-refractivity contribution in [2.75, 3.05) is 13.7 Å². The molecule has 2 nitrogen and oxygen atoms in total. The Kier molecular flexibility index (Phi) is 6.45. The van der Waals surface area contributed by atoms with Gasteiger partial charge in [0.05, 0.1) is 12.1 Å². The molecule has 0 aliphatic heterocycles. The van der Waals surface area contributed by atoms with Crippen LogP contribution in [-0.2, 0) is 11.2 Å². The highest BCUT2D eigenvalue weighted by Gasteiger charge is 2.17. The molecule has 2 aromatic carbocycles. The van der Waals surface area contributed by atoms with E-state index < -0.39 is 0 Å². The van der Waals surface area contributed by atoms with Crippen molar-refractivity contribution in [2.45, 2.75) is 31.9 Å². The predicted molar refractivity (Wildman–Crippen MR) is 88.4 cm³/mol. The molecule has 0 amide bonds. The highest BCUT2D eigenvalue weighted by molar-refractivity contribution is 5.19. The van der Waals surface area contributed by atoms with Crippen LogP contribution < -0.4 is 5.32 Å². The van der Waals surface area contributed by atoms with Gasteiger partial charge >= 0.3 is 0 Å². The van der Waals surface area contributed by atoms with E-state index in [9.17, 15) is 0 Å². The minimum absolute atomic E-state index is 0.160. The van der Waals surface area contributed by atoms with Crippen LogP contribution >= 0.6 is 0 Å². The van der Waals surface area contributed by atoms with Crippen molar-refractivity contribution < 1.29 is 4.74 Å². The summed E-state index contributed by atoms with van der Waals surface area (Å²) in [6, 6.07) is 21.3. The third-order valence-corrected chi connectivity index (χ3v) is 3.77. The van der Waals surface area contributed by atoms with Gasteiger partial charge in [-0.15, -0.1) is 0 Å². The monoisotopic (exact) mass is 283 g/mol. The van der Waals surface area contributed by atoms with Crippen molar-refractivity contribution in [3.8, 4) is 0 Å². The summed E-state index contributed by atoms with van der Waals surface area (Å²) in [5, 5.41) is 3.35. The fourth-order valence-corrected chi connectivity index (χ4v) is 2.62. The molecule has 2 heteroatoms. The minimum atomic E-state index is 0.160. The first kappa shape index (κ1) is 15.7. The summed E-state index contributed by atoms with van der Waals surface area (Å²) < 4.78 is 6.01. The smallest absolute Gasteiger partial charge is 0.0741 e. The van der Waals surface area contributed by atoms with Gasteiger partial charge in [-0.25, -0.2) is 0 Å². The Morgan fingerprint density at radius 2 is 1.57 bits per heavy atom. The number of benzene rings is 2. The molecule has 112 valence electrons. The molecule has 1 N–H and O–H groups in total. The zero-order valence-electron chi connectivity index (χ0n) is 13.0. The average Bonchev–Trinajstić information content (AvgIpc) is 2.54. The Hall–Kier alpha value is -1.64. The molecule has 2 atom stereocenters. The van der Waals surface area contributed by atoms with Crippen LogP contribution in [0.4, 0.5) is 0 Å². The first-order chi connectivity index (χ1) is 10.3. The Labute approximate surface area is 128 Å². The van der Waals surface area contributed by atoms with E-state index in [4.69, 9.17) is 4.74 Å². The van der Waals surface area contributed by atoms with Crippen LogP contribution in [0.1, 0.15) is 30.5 Å². The summed E-state index contributed by atoms with van der Waals surface area (Å²) in [4.78, 5) is 0. The summed E-state index contributed by atoms with van der Waals surface area (Å²) in [6.07, 6.45) is 2.29. The van der Waals surface area contributed by atoms with E-state index in [1.165, 1.54) is 11.1 Å². The number of hydrogen-bond donors (Lipinski definition) is 1. The lowest BCUT2D eigenvalue weighted by molar-refractivity contribution is 0.0391. The van der Waals surface area contributed by atoms with Crippen molar-refractivity contribution >= 4 is 0 Å². The van der Waals surface area contributed by atoms with Crippen molar-refractivity contribution in [1.29, 1.82) is 0 Å². The van der Waals surface area contributed by atoms with Crippen molar-refractivity contribution in [2.24, 2.45) is 0 Å². The van der Waals surface area contributed by atoms with Crippen LogP contribution in [-0.4, -0.2) is 19.8 Å². The Morgan fingerprint density at radius 3 is 2.19 bits per heavy atom. The second-order valence-electron chi connectivity index (χ2n) is 5.34. The van der Waals surface area contributed by atoms with Gasteiger partial charge in [-0.05, 0) is 37.9 Å². The van der Waals surface area contributed by atoms with Gasteiger partial charge in [-0.1, -0.05) is 60.7 Å². The molecule has 0 radical (unpaired) electrons. The summed E-state index contributed by atoms with van der Waals surface area (Å²) in [5.74, 6) is 0. The summed E-state index contributed by atoms with van der Waals surface area (Å²) in [6.45, 7) is 2.93. The standard InChI is InChI=1S/C19H25NO/c1-16(19(20-2)18-13-7-4-8-14-18)21-15-9-12-17-10-5-3-6-11-17/h3-8,10-11,13-14,16,19-20H,9,12,15H2,1-2H3. The van der Waals surface area contributed by atoms with Crippen LogP contribution in [0.3, 0.4) is 0 Å². The molecule has 0 fully saturated rings. The van der Waals surface area contributed by atoms with Gasteiger partial charge in [-0.3, -0.25) is 0 Å². The van der Waals surface area contributed by atoms with E-state index in [-0.39, 0.29) is 12.1 Å². The topological polar surface area (TPSA) is 21.3 Å². The normalized spacial score (nSPS) is 13.8. The van der Waals surface area contributed by atoms with Gasteiger partial charge in [0.2, 0.25) is 0 Å². The molecule has 0 spiro atoms. The van der Waals surface area contributed by atoms with Crippen molar-refractivity contribution in [3.63, 3.8) is 0 Å².